The molecule has 0 spiro atoms. The predicted octanol–water partition coefficient (Wildman–Crippen LogP) is 6.08. The van der Waals surface area contributed by atoms with Crippen LogP contribution in [0.15, 0.2) is 70.0 Å². The van der Waals surface area contributed by atoms with Crippen molar-refractivity contribution >= 4 is 60.7 Å². The Morgan fingerprint density at radius 3 is 2.24 bits per heavy atom. The Bertz CT molecular complexity index is 1380. The van der Waals surface area contributed by atoms with Gasteiger partial charge in [0.2, 0.25) is 5.91 Å². The van der Waals surface area contributed by atoms with E-state index >= 15 is 0 Å². The number of anilines is 2. The SMILES string of the molecule is CCCNC(=O)c1ccc(Cl)cc1NC(=O)CCN(c1cc(C)cc(C)c1)S(=O)(=O)c1ccc(Br)cc1. The van der Waals surface area contributed by atoms with Gasteiger partial charge in [-0.1, -0.05) is 40.5 Å². The Balaban J connectivity index is 1.88. The topological polar surface area (TPSA) is 95.6 Å². The molecule has 0 saturated heterocycles. The van der Waals surface area contributed by atoms with Crippen molar-refractivity contribution in [3.63, 3.8) is 0 Å². The Kier molecular flexibility index (Phi) is 9.75. The molecular weight excluding hydrogens is 578 g/mol. The van der Waals surface area contributed by atoms with E-state index in [9.17, 15) is 18.0 Å². The van der Waals surface area contributed by atoms with Crippen molar-refractivity contribution in [1.82, 2.24) is 5.32 Å². The van der Waals surface area contributed by atoms with Gasteiger partial charge in [0.25, 0.3) is 15.9 Å². The van der Waals surface area contributed by atoms with Gasteiger partial charge < -0.3 is 10.6 Å². The van der Waals surface area contributed by atoms with Crippen LogP contribution in [0.25, 0.3) is 0 Å². The number of nitrogens with one attached hydrogen (secondary N) is 2. The highest BCUT2D eigenvalue weighted by Crippen LogP contribution is 2.28. The molecule has 3 aromatic rings. The van der Waals surface area contributed by atoms with Crippen molar-refractivity contribution in [2.45, 2.75) is 38.5 Å². The Morgan fingerprint density at radius 1 is 0.973 bits per heavy atom. The number of carbonyl (C=O) groups excluding carboxylic acids is 2. The lowest BCUT2D eigenvalue weighted by Gasteiger charge is -2.25. The van der Waals surface area contributed by atoms with Crippen LogP contribution in [0.2, 0.25) is 5.02 Å². The van der Waals surface area contributed by atoms with Crippen molar-refractivity contribution in [3.8, 4) is 0 Å². The number of rotatable bonds is 10. The molecule has 0 aromatic heterocycles. The smallest absolute Gasteiger partial charge is 0.264 e. The standard InChI is InChI=1S/C27H29BrClN3O4S/c1-4-12-30-27(34)24-10-7-21(29)17-25(24)31-26(33)11-13-32(22-15-18(2)14-19(3)16-22)37(35,36)23-8-5-20(28)6-9-23/h5-10,14-17H,4,11-13H2,1-3H3,(H,30,34)(H,31,33). The summed E-state index contributed by atoms with van der Waals surface area (Å²) in [4.78, 5) is 25.6. The van der Waals surface area contributed by atoms with Crippen molar-refractivity contribution in [1.29, 1.82) is 0 Å². The quantitative estimate of drug-likeness (QED) is 0.292. The first-order valence-corrected chi connectivity index (χ1v) is 14.4. The van der Waals surface area contributed by atoms with Gasteiger partial charge in [0.1, 0.15) is 0 Å². The molecule has 0 atom stereocenters. The number of benzene rings is 3. The van der Waals surface area contributed by atoms with Crippen molar-refractivity contribution < 1.29 is 18.0 Å². The molecule has 196 valence electrons. The summed E-state index contributed by atoms with van der Waals surface area (Å²) in [6.45, 7) is 6.10. The average Bonchev–Trinajstić information content (AvgIpc) is 2.82. The minimum Gasteiger partial charge on any atom is -0.352 e. The van der Waals surface area contributed by atoms with Gasteiger partial charge in [0.05, 0.1) is 21.8 Å². The van der Waals surface area contributed by atoms with Crippen LogP contribution in [-0.4, -0.2) is 33.3 Å². The second kappa shape index (κ2) is 12.6. The van der Waals surface area contributed by atoms with Crippen LogP contribution in [-0.2, 0) is 14.8 Å². The zero-order valence-corrected chi connectivity index (χ0v) is 24.0. The molecule has 10 heteroatoms. The maximum absolute atomic E-state index is 13.6. The molecule has 0 fully saturated rings. The first-order valence-electron chi connectivity index (χ1n) is 11.8. The molecule has 0 aliphatic heterocycles. The molecule has 0 heterocycles. The molecular formula is C27H29BrClN3O4S. The van der Waals surface area contributed by atoms with Gasteiger partial charge in [0, 0.05) is 29.0 Å². The summed E-state index contributed by atoms with van der Waals surface area (Å²) in [6, 6.07) is 16.5. The Morgan fingerprint density at radius 2 is 1.62 bits per heavy atom. The number of aryl methyl sites for hydroxylation is 2. The molecule has 0 aliphatic carbocycles. The number of halogens is 2. The average molecular weight is 607 g/mol. The number of nitrogens with zero attached hydrogens (tertiary/aromatic N) is 1. The van der Waals surface area contributed by atoms with E-state index in [0.717, 1.165) is 22.0 Å². The van der Waals surface area contributed by atoms with E-state index in [1.54, 1.807) is 36.4 Å². The Hall–Kier alpha value is -2.88. The van der Waals surface area contributed by atoms with Gasteiger partial charge >= 0.3 is 0 Å². The number of hydrogen-bond acceptors (Lipinski definition) is 4. The summed E-state index contributed by atoms with van der Waals surface area (Å²) in [5, 5.41) is 5.87. The monoisotopic (exact) mass is 605 g/mol. The summed E-state index contributed by atoms with van der Waals surface area (Å²) < 4.78 is 29.3. The Labute approximate surface area is 231 Å². The lowest BCUT2D eigenvalue weighted by atomic mass is 10.1. The first-order chi connectivity index (χ1) is 17.5. The van der Waals surface area contributed by atoms with E-state index in [-0.39, 0.29) is 35.0 Å². The minimum absolute atomic E-state index is 0.106. The highest BCUT2D eigenvalue weighted by Gasteiger charge is 2.26. The van der Waals surface area contributed by atoms with Crippen molar-refractivity contribution in [2.24, 2.45) is 0 Å². The number of amides is 2. The third-order valence-corrected chi connectivity index (χ3v) is 8.08. The highest BCUT2D eigenvalue weighted by molar-refractivity contribution is 9.10. The molecule has 2 amide bonds. The highest BCUT2D eigenvalue weighted by atomic mass is 79.9. The lowest BCUT2D eigenvalue weighted by Crippen LogP contribution is -2.34. The molecule has 0 radical (unpaired) electrons. The molecule has 0 unspecified atom stereocenters. The van der Waals surface area contributed by atoms with E-state index in [1.807, 2.05) is 26.8 Å². The maximum atomic E-state index is 13.6. The molecule has 7 nitrogen and oxygen atoms in total. The zero-order chi connectivity index (χ0) is 27.2. The van der Waals surface area contributed by atoms with Crippen molar-refractivity contribution in [2.75, 3.05) is 22.7 Å². The van der Waals surface area contributed by atoms with E-state index in [4.69, 9.17) is 11.6 Å². The summed E-state index contributed by atoms with van der Waals surface area (Å²) in [5.41, 5.74) is 2.81. The molecule has 2 N–H and O–H groups in total. The van der Waals surface area contributed by atoms with E-state index in [2.05, 4.69) is 26.6 Å². The van der Waals surface area contributed by atoms with Crippen molar-refractivity contribution in [3.05, 3.63) is 86.8 Å². The van der Waals surface area contributed by atoms with Gasteiger partial charge in [-0.05, 0) is 86.0 Å². The fourth-order valence-electron chi connectivity index (χ4n) is 3.78. The van der Waals surface area contributed by atoms with E-state index < -0.39 is 15.9 Å². The normalized spacial score (nSPS) is 11.2. The van der Waals surface area contributed by atoms with Crippen LogP contribution in [0.4, 0.5) is 11.4 Å². The van der Waals surface area contributed by atoms with Gasteiger partial charge in [-0.2, -0.15) is 0 Å². The van der Waals surface area contributed by atoms with Crippen LogP contribution in [0.1, 0.15) is 41.3 Å². The van der Waals surface area contributed by atoms with Gasteiger partial charge in [-0.25, -0.2) is 8.42 Å². The first kappa shape index (κ1) is 28.7. The van der Waals surface area contributed by atoms with Gasteiger partial charge in [-0.15, -0.1) is 0 Å². The van der Waals surface area contributed by atoms with Crippen LogP contribution in [0, 0.1) is 13.8 Å². The fourth-order valence-corrected chi connectivity index (χ4v) is 5.67. The van der Waals surface area contributed by atoms with Crippen LogP contribution in [0.5, 0.6) is 0 Å². The summed E-state index contributed by atoms with van der Waals surface area (Å²) in [7, 11) is -3.96. The van der Waals surface area contributed by atoms with Gasteiger partial charge in [-0.3, -0.25) is 13.9 Å². The lowest BCUT2D eigenvalue weighted by molar-refractivity contribution is -0.116. The zero-order valence-electron chi connectivity index (χ0n) is 20.8. The molecule has 0 saturated carbocycles. The van der Waals surface area contributed by atoms with Crippen LogP contribution >= 0.6 is 27.5 Å². The third-order valence-electron chi connectivity index (χ3n) is 5.47. The van der Waals surface area contributed by atoms with Gasteiger partial charge in [0.15, 0.2) is 0 Å². The molecule has 3 aromatic carbocycles. The minimum atomic E-state index is -3.96. The summed E-state index contributed by atoms with van der Waals surface area (Å²) in [5.74, 6) is -0.782. The number of sulfonamides is 1. The summed E-state index contributed by atoms with van der Waals surface area (Å²) >= 11 is 9.44. The largest absolute Gasteiger partial charge is 0.352 e. The number of carbonyl (C=O) groups is 2. The third kappa shape index (κ3) is 7.56. The summed E-state index contributed by atoms with van der Waals surface area (Å²) in [6.07, 6.45) is 0.618. The molecule has 37 heavy (non-hydrogen) atoms. The second-order valence-electron chi connectivity index (χ2n) is 8.62. The molecule has 3 rings (SSSR count). The predicted molar refractivity (Wildman–Crippen MR) is 152 cm³/mol. The van der Waals surface area contributed by atoms with Crippen LogP contribution < -0.4 is 14.9 Å². The van der Waals surface area contributed by atoms with E-state index in [1.165, 1.54) is 22.5 Å². The molecule has 0 bridgehead atoms. The molecule has 0 aliphatic rings. The fraction of sp³-hybridized carbons (Fsp3) is 0.259. The maximum Gasteiger partial charge on any atom is 0.264 e. The number of hydrogen-bond donors (Lipinski definition) is 2. The van der Waals surface area contributed by atoms with E-state index in [0.29, 0.717) is 17.3 Å². The second-order valence-corrected chi connectivity index (χ2v) is 11.8. The van der Waals surface area contributed by atoms with Crippen LogP contribution in [0.3, 0.4) is 0 Å².